The fraction of sp³-hybridized carbons (Fsp3) is 0. The van der Waals surface area contributed by atoms with E-state index in [0.717, 1.165) is 10.9 Å². The van der Waals surface area contributed by atoms with Gasteiger partial charge in [-0.3, -0.25) is 0 Å². The summed E-state index contributed by atoms with van der Waals surface area (Å²) >= 11 is 0. The Kier molecular flexibility index (Phi) is 10.0. The van der Waals surface area contributed by atoms with Crippen LogP contribution in [0.5, 0.6) is 0 Å². The van der Waals surface area contributed by atoms with Crippen molar-refractivity contribution in [2.45, 2.75) is 0 Å². The number of hydrogen-bond acceptors (Lipinski definition) is 0. The minimum Gasteiger partial charge on any atom is -0.582 e. The molecule has 0 bridgehead atoms. The zero-order valence-corrected chi connectivity index (χ0v) is 10.6. The molecule has 12 heavy (non-hydrogen) atoms. The molecule has 1 atom stereocenters. The van der Waals surface area contributed by atoms with E-state index in [1.165, 1.54) is 0 Å². The Morgan fingerprint density at radius 2 is 1.83 bits per heavy atom. The Balaban J connectivity index is 0. The zero-order valence-electron chi connectivity index (χ0n) is 6.17. The Morgan fingerprint density at radius 1 is 1.25 bits per heavy atom. The molecular formula is C8H8OPRh2-. The van der Waals surface area contributed by atoms with Gasteiger partial charge in [-0.2, -0.15) is 0 Å². The molecule has 0 aliphatic rings. The molecule has 0 aliphatic carbocycles. The third kappa shape index (κ3) is 4.46. The van der Waals surface area contributed by atoms with Crippen LogP contribution in [0.15, 0.2) is 24.3 Å². The molecule has 1 rings (SSSR count). The SMILES string of the molecule is [CH2-][O+]=[C-]c1ccccc1P.[Rh].[Rh]. The van der Waals surface area contributed by atoms with Crippen molar-refractivity contribution >= 4 is 20.8 Å². The van der Waals surface area contributed by atoms with E-state index < -0.39 is 0 Å². The molecule has 70 valence electrons. The molecule has 0 amide bonds. The van der Waals surface area contributed by atoms with Crippen LogP contribution in [0.4, 0.5) is 0 Å². The molecule has 1 aromatic carbocycles. The molecule has 0 fully saturated rings. The molecule has 0 spiro atoms. The summed E-state index contributed by atoms with van der Waals surface area (Å²) in [6.07, 6.45) is 2.64. The Hall–Kier alpha value is 0.437. The third-order valence-corrected chi connectivity index (χ3v) is 1.65. The van der Waals surface area contributed by atoms with Gasteiger partial charge in [0.2, 0.25) is 0 Å². The molecule has 2 radical (unpaired) electrons. The normalized spacial score (nSPS) is 8.75. The Labute approximate surface area is 101 Å². The van der Waals surface area contributed by atoms with Crippen molar-refractivity contribution in [3.8, 4) is 0 Å². The quantitative estimate of drug-likeness (QED) is 0.307. The van der Waals surface area contributed by atoms with Gasteiger partial charge in [-0.25, -0.2) is 0 Å². The van der Waals surface area contributed by atoms with Crippen LogP contribution in [0.3, 0.4) is 0 Å². The Morgan fingerprint density at radius 3 is 2.33 bits per heavy atom. The standard InChI is InChI=1S/C8H8OP.2Rh/c1-9-6-7-4-2-3-5-8(7)10;;/h2-5H,1,10H2;;/q-1;;. The van der Waals surface area contributed by atoms with E-state index in [0.29, 0.717) is 0 Å². The molecule has 1 aromatic rings. The van der Waals surface area contributed by atoms with Crippen LogP contribution >= 0.6 is 9.24 Å². The van der Waals surface area contributed by atoms with E-state index in [1.54, 1.807) is 0 Å². The topological polar surface area (TPSA) is 11.3 Å². The number of benzene rings is 1. The zero-order chi connectivity index (χ0) is 7.40. The van der Waals surface area contributed by atoms with Gasteiger partial charge >= 0.3 is 0 Å². The fourth-order valence-corrected chi connectivity index (χ4v) is 0.934. The summed E-state index contributed by atoms with van der Waals surface area (Å²) in [7, 11) is 5.79. The molecule has 4 heteroatoms. The maximum absolute atomic E-state index is 4.50. The second-order valence-corrected chi connectivity index (χ2v) is 2.46. The summed E-state index contributed by atoms with van der Waals surface area (Å²) in [5.74, 6) is 0. The van der Waals surface area contributed by atoms with Crippen LogP contribution in [0.1, 0.15) is 5.56 Å². The maximum atomic E-state index is 4.50. The van der Waals surface area contributed by atoms with Gasteiger partial charge in [0.25, 0.3) is 0 Å². The van der Waals surface area contributed by atoms with E-state index in [2.05, 4.69) is 27.1 Å². The fourth-order valence-electron chi connectivity index (χ4n) is 0.668. The van der Waals surface area contributed by atoms with E-state index in [-0.39, 0.29) is 39.0 Å². The van der Waals surface area contributed by atoms with Gasteiger partial charge in [-0.15, -0.1) is 14.8 Å². The van der Waals surface area contributed by atoms with Crippen molar-refractivity contribution < 1.29 is 43.4 Å². The summed E-state index contributed by atoms with van der Waals surface area (Å²) in [6, 6.07) is 7.76. The molecule has 0 heterocycles. The minimum absolute atomic E-state index is 0. The van der Waals surface area contributed by atoms with E-state index in [9.17, 15) is 0 Å². The van der Waals surface area contributed by atoms with Gasteiger partial charge in [0.05, 0.1) is 0 Å². The number of carbonyl (C=O) groups excluding carboxylic acids is 1. The van der Waals surface area contributed by atoms with E-state index in [1.807, 2.05) is 24.3 Å². The van der Waals surface area contributed by atoms with Crippen LogP contribution in [-0.4, -0.2) is 6.29 Å². The van der Waals surface area contributed by atoms with E-state index >= 15 is 0 Å². The minimum atomic E-state index is 0. The molecular weight excluding hydrogens is 349 g/mol. The van der Waals surface area contributed by atoms with Crippen molar-refractivity contribution in [3.63, 3.8) is 0 Å². The second-order valence-electron chi connectivity index (χ2n) is 1.83. The maximum Gasteiger partial charge on any atom is 0 e. The van der Waals surface area contributed by atoms with Crippen LogP contribution in [0.25, 0.3) is 0 Å². The number of hydrogen-bond donors (Lipinski definition) is 0. The summed E-state index contributed by atoms with van der Waals surface area (Å²) in [5.41, 5.74) is 0.919. The van der Waals surface area contributed by atoms with Crippen LogP contribution < -0.4 is 5.30 Å². The van der Waals surface area contributed by atoms with Gasteiger partial charge < -0.3 is 4.42 Å². The monoisotopic (exact) mass is 357 g/mol. The van der Waals surface area contributed by atoms with Crippen LogP contribution in [0.2, 0.25) is 0 Å². The molecule has 0 saturated heterocycles. The molecule has 1 nitrogen and oxygen atoms in total. The largest absolute Gasteiger partial charge is 0.582 e. The smallest absolute Gasteiger partial charge is 0 e. The van der Waals surface area contributed by atoms with Crippen LogP contribution in [0, 0.1) is 7.11 Å². The van der Waals surface area contributed by atoms with E-state index in [4.69, 9.17) is 0 Å². The van der Waals surface area contributed by atoms with Gasteiger partial charge in [0.1, 0.15) is 0 Å². The third-order valence-electron chi connectivity index (χ3n) is 1.14. The predicted molar refractivity (Wildman–Crippen MR) is 45.9 cm³/mol. The number of rotatable bonds is 1. The van der Waals surface area contributed by atoms with Crippen molar-refractivity contribution in [2.75, 3.05) is 0 Å². The van der Waals surface area contributed by atoms with Gasteiger partial charge in [0.15, 0.2) is 0 Å². The summed E-state index contributed by atoms with van der Waals surface area (Å²) < 4.78 is 4.50. The average Bonchev–Trinajstić information content (AvgIpc) is 1.94. The molecule has 1 unspecified atom stereocenters. The second kappa shape index (κ2) is 8.05. The van der Waals surface area contributed by atoms with Gasteiger partial charge in [0, 0.05) is 39.0 Å². The first-order chi connectivity index (χ1) is 4.84. The predicted octanol–water partition coefficient (Wildman–Crippen LogP) is 0.967. The molecule has 0 N–H and O–H groups in total. The first-order valence-electron chi connectivity index (χ1n) is 2.86. The first kappa shape index (κ1) is 14.9. The summed E-state index contributed by atoms with van der Waals surface area (Å²) in [5, 5.41) is 1.06. The summed E-state index contributed by atoms with van der Waals surface area (Å²) in [6.45, 7) is 0. The average molecular weight is 357 g/mol. The van der Waals surface area contributed by atoms with Gasteiger partial charge in [-0.1, -0.05) is 29.6 Å². The first-order valence-corrected chi connectivity index (χ1v) is 3.44. The van der Waals surface area contributed by atoms with Gasteiger partial charge in [-0.05, 0) is 13.4 Å². The molecule has 0 aliphatic heterocycles. The summed E-state index contributed by atoms with van der Waals surface area (Å²) in [4.78, 5) is 0. The van der Waals surface area contributed by atoms with Crippen molar-refractivity contribution in [3.05, 3.63) is 36.9 Å². The molecule has 0 saturated carbocycles. The van der Waals surface area contributed by atoms with Crippen molar-refractivity contribution in [1.82, 2.24) is 0 Å². The van der Waals surface area contributed by atoms with Crippen LogP contribution in [-0.2, 0) is 43.4 Å². The van der Waals surface area contributed by atoms with Crippen molar-refractivity contribution in [1.29, 1.82) is 0 Å². The Bertz CT molecular complexity index is 251. The molecule has 0 aromatic heterocycles. The van der Waals surface area contributed by atoms with Crippen molar-refractivity contribution in [2.24, 2.45) is 0 Å².